The van der Waals surface area contributed by atoms with Crippen molar-refractivity contribution >= 4 is 0 Å². The second-order valence-electron chi connectivity index (χ2n) is 7.33. The lowest BCUT2D eigenvalue weighted by Crippen LogP contribution is -2.23. The van der Waals surface area contributed by atoms with Crippen LogP contribution in [-0.2, 0) is 0 Å². The second-order valence-corrected chi connectivity index (χ2v) is 7.33. The molecule has 0 nitrogen and oxygen atoms in total. The van der Waals surface area contributed by atoms with Crippen molar-refractivity contribution in [3.05, 3.63) is 0 Å². The average Bonchev–Trinajstić information content (AvgIpc) is 2.96. The van der Waals surface area contributed by atoms with Gasteiger partial charge in [-0.1, -0.05) is 27.7 Å². The topological polar surface area (TPSA) is 0 Å². The van der Waals surface area contributed by atoms with E-state index in [4.69, 9.17) is 0 Å². The summed E-state index contributed by atoms with van der Waals surface area (Å²) in [7, 11) is 0. The van der Waals surface area contributed by atoms with Gasteiger partial charge in [0.05, 0.1) is 0 Å². The molecule has 0 atom stereocenters. The molecule has 2 fully saturated rings. The Kier molecular flexibility index (Phi) is 3.66. The van der Waals surface area contributed by atoms with E-state index in [9.17, 15) is 0 Å². The number of hydrogen-bond donors (Lipinski definition) is 0. The third-order valence-corrected chi connectivity index (χ3v) is 5.44. The van der Waals surface area contributed by atoms with Crippen molar-refractivity contribution in [2.75, 3.05) is 0 Å². The molecule has 0 N–H and O–H groups in total. The molecule has 0 radical (unpaired) electrons. The first-order chi connectivity index (χ1) is 7.52. The van der Waals surface area contributed by atoms with E-state index in [2.05, 4.69) is 27.7 Å². The van der Waals surface area contributed by atoms with E-state index in [0.29, 0.717) is 0 Å². The molecule has 0 aromatic rings. The third kappa shape index (κ3) is 2.81. The van der Waals surface area contributed by atoms with E-state index in [1.807, 2.05) is 0 Å². The van der Waals surface area contributed by atoms with Gasteiger partial charge in [0.2, 0.25) is 0 Å². The van der Waals surface area contributed by atoms with E-state index in [1.165, 1.54) is 19.3 Å². The van der Waals surface area contributed by atoms with Crippen LogP contribution in [0.15, 0.2) is 0 Å². The zero-order chi connectivity index (χ0) is 11.8. The zero-order valence-electron chi connectivity index (χ0n) is 11.8. The summed E-state index contributed by atoms with van der Waals surface area (Å²) in [6, 6.07) is 0. The van der Waals surface area contributed by atoms with E-state index < -0.39 is 0 Å². The summed E-state index contributed by atoms with van der Waals surface area (Å²) < 4.78 is 0. The zero-order valence-corrected chi connectivity index (χ0v) is 11.8. The molecule has 94 valence electrons. The average molecular weight is 222 g/mol. The third-order valence-electron chi connectivity index (χ3n) is 5.44. The van der Waals surface area contributed by atoms with Crippen molar-refractivity contribution in [2.45, 2.75) is 72.6 Å². The van der Waals surface area contributed by atoms with Crippen LogP contribution in [-0.4, -0.2) is 0 Å². The molecule has 0 saturated heterocycles. The predicted octanol–water partition coefficient (Wildman–Crippen LogP) is 5.28. The summed E-state index contributed by atoms with van der Waals surface area (Å²) in [6.07, 6.45) is 10.8. The minimum Gasteiger partial charge on any atom is -0.0625 e. The fourth-order valence-electron chi connectivity index (χ4n) is 3.90. The van der Waals surface area contributed by atoms with Crippen molar-refractivity contribution in [3.63, 3.8) is 0 Å². The molecule has 2 saturated carbocycles. The van der Waals surface area contributed by atoms with Crippen LogP contribution >= 0.6 is 0 Å². The molecular weight excluding hydrogens is 192 g/mol. The van der Waals surface area contributed by atoms with Gasteiger partial charge >= 0.3 is 0 Å². The maximum absolute atomic E-state index is 2.41. The summed E-state index contributed by atoms with van der Waals surface area (Å²) in [5.41, 5.74) is 0.877. The maximum atomic E-state index is 2.41. The van der Waals surface area contributed by atoms with Gasteiger partial charge in [-0.25, -0.2) is 0 Å². The number of rotatable bonds is 4. The molecule has 2 aliphatic carbocycles. The van der Waals surface area contributed by atoms with Crippen molar-refractivity contribution < 1.29 is 0 Å². The van der Waals surface area contributed by atoms with E-state index in [0.717, 1.165) is 29.1 Å². The van der Waals surface area contributed by atoms with Gasteiger partial charge in [-0.15, -0.1) is 0 Å². The molecule has 16 heavy (non-hydrogen) atoms. The molecule has 0 aromatic carbocycles. The Morgan fingerprint density at radius 3 is 1.75 bits per heavy atom. The van der Waals surface area contributed by atoms with Gasteiger partial charge in [-0.3, -0.25) is 0 Å². The van der Waals surface area contributed by atoms with Gasteiger partial charge in [-0.2, -0.15) is 0 Å². The Hall–Kier alpha value is 0. The summed E-state index contributed by atoms with van der Waals surface area (Å²) in [6.45, 7) is 9.65. The van der Waals surface area contributed by atoms with Gasteiger partial charge in [-0.05, 0) is 74.0 Å². The first-order valence-corrected chi connectivity index (χ1v) is 7.52. The molecule has 0 unspecified atom stereocenters. The van der Waals surface area contributed by atoms with Crippen LogP contribution in [0.2, 0.25) is 0 Å². The van der Waals surface area contributed by atoms with Crippen molar-refractivity contribution in [3.8, 4) is 0 Å². The molecule has 0 aromatic heterocycles. The summed E-state index contributed by atoms with van der Waals surface area (Å²) in [4.78, 5) is 0. The molecule has 0 aliphatic heterocycles. The Morgan fingerprint density at radius 2 is 1.38 bits per heavy atom. The summed E-state index contributed by atoms with van der Waals surface area (Å²) >= 11 is 0. The molecule has 2 aliphatic rings. The summed E-state index contributed by atoms with van der Waals surface area (Å²) in [5, 5.41) is 0. The molecule has 0 amide bonds. The lowest BCUT2D eigenvalue weighted by atomic mass is 9.72. The number of hydrogen-bond acceptors (Lipinski definition) is 0. The molecule has 0 bridgehead atoms. The van der Waals surface area contributed by atoms with Crippen LogP contribution < -0.4 is 0 Å². The summed E-state index contributed by atoms with van der Waals surface area (Å²) in [5.74, 6) is 3.76. The Morgan fingerprint density at radius 1 is 0.875 bits per heavy atom. The Bertz CT molecular complexity index is 204. The van der Waals surface area contributed by atoms with Crippen LogP contribution in [0.5, 0.6) is 0 Å². The van der Waals surface area contributed by atoms with Crippen LogP contribution in [0.1, 0.15) is 72.6 Å². The van der Waals surface area contributed by atoms with Crippen LogP contribution in [0.4, 0.5) is 0 Å². The minimum absolute atomic E-state index is 0.872. The van der Waals surface area contributed by atoms with E-state index in [1.54, 1.807) is 25.7 Å². The highest BCUT2D eigenvalue weighted by molar-refractivity contribution is 4.96. The monoisotopic (exact) mass is 222 g/mol. The van der Waals surface area contributed by atoms with Crippen LogP contribution in [0, 0.1) is 29.1 Å². The first kappa shape index (κ1) is 12.5. The van der Waals surface area contributed by atoms with Crippen LogP contribution in [0.3, 0.4) is 0 Å². The van der Waals surface area contributed by atoms with Crippen molar-refractivity contribution in [1.82, 2.24) is 0 Å². The quantitative estimate of drug-likeness (QED) is 0.607. The lowest BCUT2D eigenvalue weighted by Gasteiger charge is -2.34. The standard InChI is InChI=1S/C16H30/c1-12(2)15(13(3)4)11-14-5-7-16(8-6-14)9-10-16/h12-15H,5-11H2,1-4H3. The second kappa shape index (κ2) is 4.70. The van der Waals surface area contributed by atoms with Gasteiger partial charge in [0.25, 0.3) is 0 Å². The van der Waals surface area contributed by atoms with Gasteiger partial charge < -0.3 is 0 Å². The van der Waals surface area contributed by atoms with Gasteiger partial charge in [0.15, 0.2) is 0 Å². The lowest BCUT2D eigenvalue weighted by molar-refractivity contribution is 0.172. The van der Waals surface area contributed by atoms with E-state index >= 15 is 0 Å². The molecule has 0 heteroatoms. The molecule has 2 rings (SSSR count). The smallest absolute Gasteiger partial charge is 0.0297 e. The molecule has 1 spiro atoms. The van der Waals surface area contributed by atoms with Crippen molar-refractivity contribution in [2.24, 2.45) is 29.1 Å². The van der Waals surface area contributed by atoms with Crippen molar-refractivity contribution in [1.29, 1.82) is 0 Å². The first-order valence-electron chi connectivity index (χ1n) is 7.52. The highest BCUT2D eigenvalue weighted by atomic mass is 14.5. The van der Waals surface area contributed by atoms with Crippen LogP contribution in [0.25, 0.3) is 0 Å². The fourth-order valence-corrected chi connectivity index (χ4v) is 3.90. The van der Waals surface area contributed by atoms with Gasteiger partial charge in [0.1, 0.15) is 0 Å². The normalized spacial score (nSPS) is 24.9. The van der Waals surface area contributed by atoms with Gasteiger partial charge in [0, 0.05) is 0 Å². The minimum atomic E-state index is 0.872. The molecular formula is C16H30. The largest absolute Gasteiger partial charge is 0.0625 e. The SMILES string of the molecule is CC(C)C(CC1CCC2(CC1)CC2)C(C)C. The fraction of sp³-hybridized carbons (Fsp3) is 1.00. The molecule has 0 heterocycles. The highest BCUT2D eigenvalue weighted by Gasteiger charge is 2.44. The maximum Gasteiger partial charge on any atom is -0.0297 e. The Balaban J connectivity index is 1.80. The predicted molar refractivity (Wildman–Crippen MR) is 71.4 cm³/mol. The van der Waals surface area contributed by atoms with E-state index in [-0.39, 0.29) is 0 Å². The highest BCUT2D eigenvalue weighted by Crippen LogP contribution is 2.57. The Labute approximate surface area is 102 Å².